The lowest BCUT2D eigenvalue weighted by Gasteiger charge is -2.11. The quantitative estimate of drug-likeness (QED) is 0.680. The first-order chi connectivity index (χ1) is 9.09. The lowest BCUT2D eigenvalue weighted by atomic mass is 10.1. The highest BCUT2D eigenvalue weighted by Crippen LogP contribution is 2.37. The van der Waals surface area contributed by atoms with Crippen molar-refractivity contribution >= 4 is 17.4 Å². The van der Waals surface area contributed by atoms with Crippen LogP contribution in [-0.2, 0) is 0 Å². The van der Waals surface area contributed by atoms with E-state index >= 15 is 0 Å². The van der Waals surface area contributed by atoms with Crippen molar-refractivity contribution in [2.75, 3.05) is 0 Å². The number of benzene rings is 2. The Morgan fingerprint density at radius 3 is 2.32 bits per heavy atom. The van der Waals surface area contributed by atoms with Crippen molar-refractivity contribution in [3.63, 3.8) is 0 Å². The second-order valence-electron chi connectivity index (χ2n) is 4.15. The maximum atomic E-state index is 11.0. The smallest absolute Gasteiger partial charge is 0.283 e. The molecule has 0 aromatic heterocycles. The summed E-state index contributed by atoms with van der Waals surface area (Å²) in [6.45, 7) is 1.90. The fourth-order valence-electron chi connectivity index (χ4n) is 1.76. The maximum Gasteiger partial charge on any atom is 0.283 e. The number of hydrogen-bond acceptors (Lipinski definition) is 4. The van der Waals surface area contributed by atoms with Gasteiger partial charge in [-0.2, -0.15) is 0 Å². The van der Waals surface area contributed by atoms with Crippen LogP contribution >= 0.6 is 11.8 Å². The third-order valence-corrected chi connectivity index (χ3v) is 3.85. The van der Waals surface area contributed by atoms with Crippen LogP contribution < -0.4 is 5.73 Å². The topological polar surface area (TPSA) is 69.2 Å². The molecule has 0 spiro atoms. The molecule has 2 aromatic rings. The minimum absolute atomic E-state index is 0.105. The molecule has 0 saturated heterocycles. The Bertz CT molecular complexity index is 600. The Kier molecular flexibility index (Phi) is 4.19. The number of nitro benzene ring substituents is 1. The largest absolute Gasteiger partial charge is 0.324 e. The highest BCUT2D eigenvalue weighted by Gasteiger charge is 2.15. The zero-order valence-corrected chi connectivity index (χ0v) is 11.3. The van der Waals surface area contributed by atoms with Crippen molar-refractivity contribution in [2.45, 2.75) is 22.8 Å². The van der Waals surface area contributed by atoms with E-state index in [1.54, 1.807) is 18.2 Å². The number of nitrogens with zero attached hydrogens (tertiary/aromatic N) is 1. The maximum absolute atomic E-state index is 11.0. The van der Waals surface area contributed by atoms with E-state index < -0.39 is 0 Å². The monoisotopic (exact) mass is 274 g/mol. The Morgan fingerprint density at radius 2 is 1.68 bits per heavy atom. The number of para-hydroxylation sites is 1. The molecule has 0 aliphatic rings. The molecule has 19 heavy (non-hydrogen) atoms. The van der Waals surface area contributed by atoms with Crippen LogP contribution in [0, 0.1) is 10.1 Å². The Balaban J connectivity index is 2.39. The molecule has 0 amide bonds. The van der Waals surface area contributed by atoms with Crippen molar-refractivity contribution in [1.29, 1.82) is 0 Å². The Labute approximate surface area is 115 Å². The van der Waals surface area contributed by atoms with Crippen LogP contribution in [0.25, 0.3) is 0 Å². The molecule has 0 aliphatic carbocycles. The summed E-state index contributed by atoms with van der Waals surface area (Å²) in [7, 11) is 0. The molecule has 0 saturated carbocycles. The van der Waals surface area contributed by atoms with E-state index in [4.69, 9.17) is 5.73 Å². The van der Waals surface area contributed by atoms with Crippen LogP contribution in [0.1, 0.15) is 18.5 Å². The van der Waals surface area contributed by atoms with Crippen LogP contribution in [0.3, 0.4) is 0 Å². The molecular weight excluding hydrogens is 260 g/mol. The number of nitro groups is 1. The molecule has 2 N–H and O–H groups in total. The molecule has 5 heteroatoms. The average molecular weight is 274 g/mol. The van der Waals surface area contributed by atoms with Gasteiger partial charge in [-0.15, -0.1) is 0 Å². The standard InChI is InChI=1S/C14H14N2O2S/c1-10(15)11-6-2-4-8-13(11)19-14-9-5-3-7-12(14)16(17)18/h2-10H,15H2,1H3/t10-/m0/s1. The number of nitrogens with two attached hydrogens (primary N) is 1. The van der Waals surface area contributed by atoms with Gasteiger partial charge in [-0.05, 0) is 24.6 Å². The second-order valence-corrected chi connectivity index (χ2v) is 5.24. The van der Waals surface area contributed by atoms with Crippen LogP contribution in [0.15, 0.2) is 58.3 Å². The van der Waals surface area contributed by atoms with E-state index in [1.165, 1.54) is 17.8 Å². The van der Waals surface area contributed by atoms with E-state index in [2.05, 4.69) is 0 Å². The van der Waals surface area contributed by atoms with Gasteiger partial charge in [0.05, 0.1) is 9.82 Å². The molecule has 0 radical (unpaired) electrons. The summed E-state index contributed by atoms with van der Waals surface area (Å²) >= 11 is 1.38. The molecule has 1 atom stereocenters. The highest BCUT2D eigenvalue weighted by atomic mass is 32.2. The molecule has 0 aliphatic heterocycles. The third-order valence-electron chi connectivity index (χ3n) is 2.69. The summed E-state index contributed by atoms with van der Waals surface area (Å²) in [5, 5.41) is 11.0. The summed E-state index contributed by atoms with van der Waals surface area (Å²) in [4.78, 5) is 12.2. The van der Waals surface area contributed by atoms with Crippen molar-refractivity contribution in [2.24, 2.45) is 5.73 Å². The Hall–Kier alpha value is -1.85. The van der Waals surface area contributed by atoms with Crippen molar-refractivity contribution < 1.29 is 4.92 Å². The Morgan fingerprint density at radius 1 is 1.11 bits per heavy atom. The predicted molar refractivity (Wildman–Crippen MR) is 76.3 cm³/mol. The van der Waals surface area contributed by atoms with Crippen LogP contribution in [-0.4, -0.2) is 4.92 Å². The normalized spacial score (nSPS) is 12.1. The predicted octanol–water partition coefficient (Wildman–Crippen LogP) is 3.77. The second kappa shape index (κ2) is 5.86. The molecule has 0 bridgehead atoms. The fraction of sp³-hybridized carbons (Fsp3) is 0.143. The minimum Gasteiger partial charge on any atom is -0.324 e. The summed E-state index contributed by atoms with van der Waals surface area (Å²) in [5.41, 5.74) is 7.03. The van der Waals surface area contributed by atoms with Gasteiger partial charge in [0.15, 0.2) is 0 Å². The number of rotatable bonds is 4. The van der Waals surface area contributed by atoms with Gasteiger partial charge in [-0.3, -0.25) is 10.1 Å². The van der Waals surface area contributed by atoms with Crippen molar-refractivity contribution in [1.82, 2.24) is 0 Å². The first-order valence-corrected chi connectivity index (χ1v) is 6.67. The van der Waals surface area contributed by atoms with Crippen LogP contribution in [0.2, 0.25) is 0 Å². The molecule has 0 heterocycles. The van der Waals surface area contributed by atoms with E-state index in [0.29, 0.717) is 4.90 Å². The van der Waals surface area contributed by atoms with Gasteiger partial charge in [0, 0.05) is 17.0 Å². The molecule has 98 valence electrons. The average Bonchev–Trinajstić information content (AvgIpc) is 2.39. The van der Waals surface area contributed by atoms with E-state index in [1.807, 2.05) is 31.2 Å². The van der Waals surface area contributed by atoms with Gasteiger partial charge in [0.2, 0.25) is 0 Å². The van der Waals surface area contributed by atoms with Gasteiger partial charge < -0.3 is 5.73 Å². The van der Waals surface area contributed by atoms with E-state index in [-0.39, 0.29) is 16.7 Å². The molecule has 4 nitrogen and oxygen atoms in total. The van der Waals surface area contributed by atoms with Gasteiger partial charge in [-0.25, -0.2) is 0 Å². The fourth-order valence-corrected chi connectivity index (χ4v) is 2.91. The first kappa shape index (κ1) is 13.6. The van der Waals surface area contributed by atoms with E-state index in [0.717, 1.165) is 10.5 Å². The van der Waals surface area contributed by atoms with Gasteiger partial charge >= 0.3 is 0 Å². The van der Waals surface area contributed by atoms with Gasteiger partial charge in [0.1, 0.15) is 0 Å². The zero-order chi connectivity index (χ0) is 13.8. The molecule has 2 aromatic carbocycles. The van der Waals surface area contributed by atoms with Crippen LogP contribution in [0.4, 0.5) is 5.69 Å². The van der Waals surface area contributed by atoms with Crippen molar-refractivity contribution in [3.05, 3.63) is 64.2 Å². The number of hydrogen-bond donors (Lipinski definition) is 1. The van der Waals surface area contributed by atoms with Gasteiger partial charge in [0.25, 0.3) is 5.69 Å². The summed E-state index contributed by atoms with van der Waals surface area (Å²) in [6.07, 6.45) is 0. The van der Waals surface area contributed by atoms with Crippen molar-refractivity contribution in [3.8, 4) is 0 Å². The van der Waals surface area contributed by atoms with Gasteiger partial charge in [-0.1, -0.05) is 42.1 Å². The first-order valence-electron chi connectivity index (χ1n) is 5.85. The minimum atomic E-state index is -0.364. The SMILES string of the molecule is C[C@H](N)c1ccccc1Sc1ccccc1[N+](=O)[O-]. The lowest BCUT2D eigenvalue weighted by molar-refractivity contribution is -0.387. The molecule has 0 unspecified atom stereocenters. The lowest BCUT2D eigenvalue weighted by Crippen LogP contribution is -2.06. The molecular formula is C14H14N2O2S. The molecule has 2 rings (SSSR count). The summed E-state index contributed by atoms with van der Waals surface area (Å²) < 4.78 is 0. The summed E-state index contributed by atoms with van der Waals surface area (Å²) in [6, 6.07) is 14.3. The van der Waals surface area contributed by atoms with E-state index in [9.17, 15) is 10.1 Å². The summed E-state index contributed by atoms with van der Waals surface area (Å²) in [5.74, 6) is 0. The highest BCUT2D eigenvalue weighted by molar-refractivity contribution is 7.99. The molecule has 0 fully saturated rings. The van der Waals surface area contributed by atoms with Crippen LogP contribution in [0.5, 0.6) is 0 Å². The third kappa shape index (κ3) is 3.13. The zero-order valence-electron chi connectivity index (χ0n) is 10.4.